The van der Waals surface area contributed by atoms with Crippen LogP contribution < -0.4 is 0 Å². The largest absolute Gasteiger partial charge is 0.387 e. The third kappa shape index (κ3) is 4.19. The number of hydrogen-bond acceptors (Lipinski definition) is 2. The fourth-order valence-corrected chi connectivity index (χ4v) is 4.21. The van der Waals surface area contributed by atoms with Gasteiger partial charge in [-0.1, -0.05) is 84.9 Å². The van der Waals surface area contributed by atoms with Crippen molar-refractivity contribution in [3.63, 3.8) is 0 Å². The maximum atomic E-state index is 10.8. The Morgan fingerprint density at radius 1 is 0.828 bits per heavy atom. The molecule has 0 heterocycles. The van der Waals surface area contributed by atoms with Gasteiger partial charge in [0.25, 0.3) is 0 Å². The molecule has 0 fully saturated rings. The highest BCUT2D eigenvalue weighted by molar-refractivity contribution is 5.84. The zero-order valence-electron chi connectivity index (χ0n) is 17.3. The molecule has 0 saturated carbocycles. The lowest BCUT2D eigenvalue weighted by Crippen LogP contribution is -2.34. The maximum absolute atomic E-state index is 10.8. The van der Waals surface area contributed by atoms with Crippen molar-refractivity contribution in [1.29, 1.82) is 0 Å². The van der Waals surface area contributed by atoms with Crippen molar-refractivity contribution in [2.75, 3.05) is 13.6 Å². The highest BCUT2D eigenvalue weighted by Crippen LogP contribution is 2.33. The lowest BCUT2D eigenvalue weighted by molar-refractivity contribution is 0.0787. The van der Waals surface area contributed by atoms with E-state index in [0.717, 1.165) is 24.9 Å². The van der Waals surface area contributed by atoms with E-state index in [1.165, 1.54) is 27.8 Å². The van der Waals surface area contributed by atoms with E-state index in [1.54, 1.807) is 0 Å². The van der Waals surface area contributed by atoms with Crippen molar-refractivity contribution in [2.45, 2.75) is 31.9 Å². The lowest BCUT2D eigenvalue weighted by Gasteiger charge is -2.28. The van der Waals surface area contributed by atoms with E-state index in [0.29, 0.717) is 0 Å². The Bertz CT molecular complexity index is 943. The van der Waals surface area contributed by atoms with Gasteiger partial charge in [0.15, 0.2) is 0 Å². The number of aliphatic hydroxyl groups is 1. The summed E-state index contributed by atoms with van der Waals surface area (Å²) < 4.78 is 0. The molecular formula is C27H29NO. The summed E-state index contributed by atoms with van der Waals surface area (Å²) in [4.78, 5) is 2.22. The molecule has 1 aliphatic carbocycles. The predicted octanol–water partition coefficient (Wildman–Crippen LogP) is 5.27. The molecule has 3 aromatic rings. The van der Waals surface area contributed by atoms with E-state index in [-0.39, 0.29) is 6.04 Å². The number of hydrogen-bond donors (Lipinski definition) is 1. The van der Waals surface area contributed by atoms with E-state index in [4.69, 9.17) is 0 Å². The molecule has 0 bridgehead atoms. The zero-order valence-corrected chi connectivity index (χ0v) is 17.3. The quantitative estimate of drug-likeness (QED) is 0.649. The summed E-state index contributed by atoms with van der Waals surface area (Å²) in [5.74, 6) is 0. The molecular weight excluding hydrogens is 354 g/mol. The summed E-state index contributed by atoms with van der Waals surface area (Å²) in [5.41, 5.74) is 7.76. The minimum absolute atomic E-state index is 0.0190. The molecule has 0 aliphatic heterocycles. The second-order valence-corrected chi connectivity index (χ2v) is 7.97. The first kappa shape index (κ1) is 19.6. The molecule has 0 amide bonds. The fraction of sp³-hybridized carbons (Fsp3) is 0.259. The average Bonchev–Trinajstić information content (AvgIpc) is 2.94. The normalized spacial score (nSPS) is 15.2. The van der Waals surface area contributed by atoms with Crippen LogP contribution in [0.2, 0.25) is 0 Å². The van der Waals surface area contributed by atoms with Crippen LogP contribution in [0.1, 0.15) is 40.8 Å². The van der Waals surface area contributed by atoms with Crippen LogP contribution in [0, 0.1) is 0 Å². The van der Waals surface area contributed by atoms with E-state index in [9.17, 15) is 5.11 Å². The zero-order chi connectivity index (χ0) is 20.2. The van der Waals surface area contributed by atoms with Gasteiger partial charge >= 0.3 is 0 Å². The molecule has 2 nitrogen and oxygen atoms in total. The van der Waals surface area contributed by atoms with Gasteiger partial charge in [-0.25, -0.2) is 0 Å². The molecule has 0 radical (unpaired) electrons. The Morgan fingerprint density at radius 3 is 1.93 bits per heavy atom. The van der Waals surface area contributed by atoms with Crippen molar-refractivity contribution in [1.82, 2.24) is 4.90 Å². The topological polar surface area (TPSA) is 23.5 Å². The number of rotatable bonds is 5. The van der Waals surface area contributed by atoms with Crippen LogP contribution in [0.25, 0.3) is 5.57 Å². The summed E-state index contributed by atoms with van der Waals surface area (Å²) in [6.07, 6.45) is 3.97. The number of aryl methyl sites for hydroxylation is 2. The molecule has 2 heteroatoms. The predicted molar refractivity (Wildman–Crippen MR) is 121 cm³/mol. The monoisotopic (exact) mass is 383 g/mol. The molecule has 148 valence electrons. The molecule has 4 rings (SSSR count). The van der Waals surface area contributed by atoms with Gasteiger partial charge in [0.05, 0.1) is 6.10 Å². The Labute approximate surface area is 174 Å². The molecule has 1 aliphatic rings. The van der Waals surface area contributed by atoms with Crippen molar-refractivity contribution >= 4 is 5.57 Å². The summed E-state index contributed by atoms with van der Waals surface area (Å²) >= 11 is 0. The van der Waals surface area contributed by atoms with Crippen molar-refractivity contribution in [2.24, 2.45) is 0 Å². The SMILES string of the molecule is C[C@H]([C@H](O)c1ccccc1)N(C)CC=C1c2ccccc2CCc2ccccc21. The fourth-order valence-electron chi connectivity index (χ4n) is 4.21. The van der Waals surface area contributed by atoms with E-state index >= 15 is 0 Å². The van der Waals surface area contributed by atoms with Crippen molar-refractivity contribution in [3.05, 3.63) is 113 Å². The number of nitrogens with zero attached hydrogens (tertiary/aromatic N) is 1. The molecule has 0 saturated heterocycles. The average molecular weight is 384 g/mol. The molecule has 2 atom stereocenters. The first-order valence-electron chi connectivity index (χ1n) is 10.4. The van der Waals surface area contributed by atoms with Crippen LogP contribution in [-0.2, 0) is 12.8 Å². The summed E-state index contributed by atoms with van der Waals surface area (Å²) in [6.45, 7) is 2.87. The van der Waals surface area contributed by atoms with Crippen LogP contribution in [0.15, 0.2) is 84.9 Å². The van der Waals surface area contributed by atoms with Gasteiger partial charge in [-0.15, -0.1) is 0 Å². The third-order valence-corrected chi connectivity index (χ3v) is 6.16. The van der Waals surface area contributed by atoms with Crippen molar-refractivity contribution < 1.29 is 5.11 Å². The second kappa shape index (κ2) is 8.77. The van der Waals surface area contributed by atoms with E-state index < -0.39 is 6.10 Å². The van der Waals surface area contributed by atoms with Crippen molar-refractivity contribution in [3.8, 4) is 0 Å². The highest BCUT2D eigenvalue weighted by atomic mass is 16.3. The maximum Gasteiger partial charge on any atom is 0.0942 e. The van der Waals surface area contributed by atoms with Crippen LogP contribution >= 0.6 is 0 Å². The lowest BCUT2D eigenvalue weighted by atomic mass is 9.93. The first-order chi connectivity index (χ1) is 14.1. The minimum atomic E-state index is -0.506. The minimum Gasteiger partial charge on any atom is -0.387 e. The Morgan fingerprint density at radius 2 is 1.34 bits per heavy atom. The third-order valence-electron chi connectivity index (χ3n) is 6.16. The second-order valence-electron chi connectivity index (χ2n) is 7.97. The summed E-state index contributed by atoms with van der Waals surface area (Å²) in [5, 5.41) is 10.8. The van der Waals surface area contributed by atoms with Gasteiger partial charge in [-0.2, -0.15) is 0 Å². The van der Waals surface area contributed by atoms with Gasteiger partial charge in [-0.05, 0) is 60.2 Å². The van der Waals surface area contributed by atoms with E-state index in [2.05, 4.69) is 73.5 Å². The molecule has 0 aromatic heterocycles. The number of aliphatic hydroxyl groups excluding tert-OH is 1. The van der Waals surface area contributed by atoms with Gasteiger partial charge in [-0.3, -0.25) is 4.90 Å². The molecule has 0 spiro atoms. The van der Waals surface area contributed by atoms with Gasteiger partial charge in [0.1, 0.15) is 0 Å². The van der Waals surface area contributed by atoms with E-state index in [1.807, 2.05) is 30.3 Å². The summed E-state index contributed by atoms with van der Waals surface area (Å²) in [7, 11) is 2.09. The van der Waals surface area contributed by atoms with Crippen LogP contribution in [0.5, 0.6) is 0 Å². The summed E-state index contributed by atoms with van der Waals surface area (Å²) in [6, 6.07) is 27.5. The Balaban J connectivity index is 1.62. The van der Waals surface area contributed by atoms with Crippen LogP contribution in [-0.4, -0.2) is 29.6 Å². The molecule has 29 heavy (non-hydrogen) atoms. The van der Waals surface area contributed by atoms with Crippen LogP contribution in [0.4, 0.5) is 0 Å². The molecule has 3 aromatic carbocycles. The number of likely N-dealkylation sites (N-methyl/N-ethyl adjacent to an activating group) is 1. The Kier molecular flexibility index (Phi) is 5.94. The Hall–Kier alpha value is -2.68. The number of fused-ring (bicyclic) bond motifs is 2. The molecule has 0 unspecified atom stereocenters. The van der Waals surface area contributed by atoms with Crippen LogP contribution in [0.3, 0.4) is 0 Å². The smallest absolute Gasteiger partial charge is 0.0942 e. The number of benzene rings is 3. The van der Waals surface area contributed by atoms with Gasteiger partial charge in [0, 0.05) is 12.6 Å². The van der Waals surface area contributed by atoms with Gasteiger partial charge in [0.2, 0.25) is 0 Å². The first-order valence-corrected chi connectivity index (χ1v) is 10.4. The standard InChI is InChI=1S/C27H29NO/c1-20(27(29)23-12-4-3-5-13-23)28(2)19-18-26-24-14-8-6-10-21(24)16-17-22-11-7-9-15-25(22)26/h3-15,18,20,27,29H,16-17,19H2,1-2H3/t20-,27+/m1/s1. The highest BCUT2D eigenvalue weighted by Gasteiger charge is 2.21. The molecule has 1 N–H and O–H groups in total. The van der Waals surface area contributed by atoms with Gasteiger partial charge < -0.3 is 5.11 Å².